The van der Waals surface area contributed by atoms with E-state index in [4.69, 9.17) is 14.5 Å². The number of hydrogen-bond acceptors (Lipinski definition) is 6. The number of fused-ring (bicyclic) bond motifs is 4. The summed E-state index contributed by atoms with van der Waals surface area (Å²) in [6.45, 7) is 3.03. The van der Waals surface area contributed by atoms with E-state index in [9.17, 15) is 14.4 Å². The monoisotopic (exact) mass is 469 g/mol. The van der Waals surface area contributed by atoms with Gasteiger partial charge in [-0.1, -0.05) is 29.8 Å². The molecule has 0 spiro atoms. The summed E-state index contributed by atoms with van der Waals surface area (Å²) in [5, 5.41) is 5.41. The summed E-state index contributed by atoms with van der Waals surface area (Å²) in [6.07, 6.45) is 2.15. The van der Waals surface area contributed by atoms with Crippen LogP contribution in [0.3, 0.4) is 0 Å². The van der Waals surface area contributed by atoms with E-state index in [1.807, 2.05) is 31.2 Å². The van der Waals surface area contributed by atoms with Gasteiger partial charge < -0.3 is 30.0 Å². The van der Waals surface area contributed by atoms with Crippen molar-refractivity contribution in [3.8, 4) is 11.3 Å². The highest BCUT2D eigenvalue weighted by Gasteiger charge is 2.36. The molecule has 1 fully saturated rings. The molecule has 0 radical (unpaired) electrons. The number of carbonyl (C=O) groups excluding carboxylic acids is 3. The first kappa shape index (κ1) is 23.6. The zero-order valence-electron chi connectivity index (χ0n) is 19.6. The first-order valence-corrected chi connectivity index (χ1v) is 11.7. The molecular weight excluding hydrogens is 438 g/mol. The molecule has 3 N–H and O–H groups in total. The van der Waals surface area contributed by atoms with E-state index in [1.54, 1.807) is 4.90 Å². The van der Waals surface area contributed by atoms with Gasteiger partial charge in [0.25, 0.3) is 0 Å². The molecule has 182 valence electrons. The maximum atomic E-state index is 13.5. The number of amides is 3. The number of aryl methyl sites for hydroxylation is 1. The first-order chi connectivity index (χ1) is 16.5. The molecule has 0 aliphatic carbocycles. The molecule has 4 rings (SSSR count). The van der Waals surface area contributed by atoms with Gasteiger partial charge in [0, 0.05) is 18.7 Å². The molecule has 3 heterocycles. The second-order valence-corrected chi connectivity index (χ2v) is 8.69. The number of H-pyrrole nitrogens is 1. The summed E-state index contributed by atoms with van der Waals surface area (Å²) in [6, 6.07) is 6.99. The number of methoxy groups -OCH3 is 1. The van der Waals surface area contributed by atoms with Crippen LogP contribution >= 0.6 is 0 Å². The maximum Gasteiger partial charge on any atom is 0.407 e. The summed E-state index contributed by atoms with van der Waals surface area (Å²) in [4.78, 5) is 47.6. The lowest BCUT2D eigenvalue weighted by molar-refractivity contribution is -0.134. The Hall–Kier alpha value is -3.56. The highest BCUT2D eigenvalue weighted by atomic mass is 16.5. The number of imidazole rings is 1. The summed E-state index contributed by atoms with van der Waals surface area (Å²) in [5.41, 5.74) is 3.39. The van der Waals surface area contributed by atoms with Gasteiger partial charge in [-0.3, -0.25) is 4.79 Å². The Bertz CT molecular complexity index is 1030. The standard InChI is InChI=1S/C24H31N5O5/c1-15-8-10-16(11-9-15)20-18-14-34-23(31)25-12-4-3-6-17(27-24(32)33-2)22(30)29-13-5-7-19(29)21(26-18)28-20/h8-11,17,19H,3-7,12-14H2,1-2H3,(H,25,31)(H,26,28)(H,27,32). The molecule has 2 aromatic rings. The number of alkyl carbamates (subject to hydrolysis) is 2. The minimum Gasteiger partial charge on any atom is -0.453 e. The Kier molecular flexibility index (Phi) is 7.34. The first-order valence-electron chi connectivity index (χ1n) is 11.7. The molecule has 1 saturated heterocycles. The minimum atomic E-state index is -0.712. The number of carbonyl (C=O) groups is 3. The summed E-state index contributed by atoms with van der Waals surface area (Å²) in [7, 11) is 1.28. The van der Waals surface area contributed by atoms with Crippen LogP contribution in [-0.4, -0.2) is 59.2 Å². The van der Waals surface area contributed by atoms with Crippen molar-refractivity contribution < 1.29 is 23.9 Å². The van der Waals surface area contributed by atoms with Gasteiger partial charge in [-0.15, -0.1) is 0 Å². The van der Waals surface area contributed by atoms with Crippen molar-refractivity contribution in [2.24, 2.45) is 0 Å². The van der Waals surface area contributed by atoms with Crippen LogP contribution in [-0.2, 0) is 20.9 Å². The molecule has 0 saturated carbocycles. The van der Waals surface area contributed by atoms with Crippen molar-refractivity contribution in [1.82, 2.24) is 25.5 Å². The van der Waals surface area contributed by atoms with E-state index in [1.165, 1.54) is 7.11 Å². The molecule has 2 bridgehead atoms. The van der Waals surface area contributed by atoms with Gasteiger partial charge in [-0.25, -0.2) is 14.6 Å². The fourth-order valence-electron chi connectivity index (χ4n) is 4.47. The highest BCUT2D eigenvalue weighted by Crippen LogP contribution is 2.34. The van der Waals surface area contributed by atoms with Crippen LogP contribution in [0.25, 0.3) is 11.3 Å². The predicted octanol–water partition coefficient (Wildman–Crippen LogP) is 3.18. The SMILES string of the molecule is COC(=O)NC1CCCCNC(=O)OCc2[nH]c(nc2-c2ccc(C)cc2)C2CCCN2C1=O. The third-order valence-electron chi connectivity index (χ3n) is 6.29. The Morgan fingerprint density at radius 3 is 2.74 bits per heavy atom. The number of rotatable bonds is 2. The largest absolute Gasteiger partial charge is 0.453 e. The summed E-state index contributed by atoms with van der Waals surface area (Å²) >= 11 is 0. The van der Waals surface area contributed by atoms with E-state index < -0.39 is 18.2 Å². The fraction of sp³-hybridized carbons (Fsp3) is 0.500. The van der Waals surface area contributed by atoms with Gasteiger partial charge >= 0.3 is 12.2 Å². The van der Waals surface area contributed by atoms with Gasteiger partial charge in [0.2, 0.25) is 5.91 Å². The zero-order valence-corrected chi connectivity index (χ0v) is 19.6. The Labute approximate surface area is 198 Å². The summed E-state index contributed by atoms with van der Waals surface area (Å²) in [5.74, 6) is 0.491. The number of nitrogens with one attached hydrogen (secondary N) is 3. The number of aromatic amines is 1. The van der Waals surface area contributed by atoms with Gasteiger partial charge in [0.1, 0.15) is 18.5 Å². The molecular formula is C24H31N5O5. The normalized spacial score (nSPS) is 21.5. The number of cyclic esters (lactones) is 1. The molecule has 10 heteroatoms. The van der Waals surface area contributed by atoms with Crippen molar-refractivity contribution in [3.63, 3.8) is 0 Å². The second kappa shape index (κ2) is 10.6. The smallest absolute Gasteiger partial charge is 0.407 e. The fourth-order valence-corrected chi connectivity index (χ4v) is 4.47. The van der Waals surface area contributed by atoms with Crippen molar-refractivity contribution in [1.29, 1.82) is 0 Å². The van der Waals surface area contributed by atoms with E-state index >= 15 is 0 Å². The molecule has 10 nitrogen and oxygen atoms in total. The van der Waals surface area contributed by atoms with E-state index in [0.717, 1.165) is 24.0 Å². The van der Waals surface area contributed by atoms with Gasteiger partial charge in [-0.05, 0) is 39.0 Å². The van der Waals surface area contributed by atoms with Crippen LogP contribution < -0.4 is 10.6 Å². The van der Waals surface area contributed by atoms with Crippen LogP contribution in [0.4, 0.5) is 9.59 Å². The third-order valence-corrected chi connectivity index (χ3v) is 6.29. The molecule has 2 atom stereocenters. The molecule has 2 aliphatic rings. The highest BCUT2D eigenvalue weighted by molar-refractivity contribution is 5.86. The van der Waals surface area contributed by atoms with Crippen LogP contribution in [0.1, 0.15) is 55.2 Å². The molecule has 34 heavy (non-hydrogen) atoms. The van der Waals surface area contributed by atoms with Gasteiger partial charge in [-0.2, -0.15) is 0 Å². The average molecular weight is 470 g/mol. The van der Waals surface area contributed by atoms with Crippen molar-refractivity contribution in [2.75, 3.05) is 20.2 Å². The van der Waals surface area contributed by atoms with E-state index in [0.29, 0.717) is 49.6 Å². The number of aromatic nitrogens is 2. The lowest BCUT2D eigenvalue weighted by Gasteiger charge is -2.28. The zero-order chi connectivity index (χ0) is 24.1. The minimum absolute atomic E-state index is 0.0369. The van der Waals surface area contributed by atoms with Crippen LogP contribution in [0, 0.1) is 6.92 Å². The molecule has 3 amide bonds. The Morgan fingerprint density at radius 2 is 1.97 bits per heavy atom. The van der Waals surface area contributed by atoms with Crippen molar-refractivity contribution in [2.45, 2.75) is 57.7 Å². The second-order valence-electron chi connectivity index (χ2n) is 8.69. The predicted molar refractivity (Wildman–Crippen MR) is 124 cm³/mol. The molecule has 2 aliphatic heterocycles. The Balaban J connectivity index is 1.69. The van der Waals surface area contributed by atoms with Gasteiger partial charge in [0.15, 0.2) is 0 Å². The quantitative estimate of drug-likeness (QED) is 0.620. The lowest BCUT2D eigenvalue weighted by Crippen LogP contribution is -2.48. The van der Waals surface area contributed by atoms with Crippen LogP contribution in [0.2, 0.25) is 0 Å². The molecule has 2 unspecified atom stereocenters. The molecule has 1 aromatic carbocycles. The number of nitrogens with zero attached hydrogens (tertiary/aromatic N) is 2. The van der Waals surface area contributed by atoms with E-state index in [-0.39, 0.29) is 18.6 Å². The van der Waals surface area contributed by atoms with Crippen molar-refractivity contribution >= 4 is 18.1 Å². The van der Waals surface area contributed by atoms with Crippen molar-refractivity contribution in [3.05, 3.63) is 41.3 Å². The number of benzene rings is 1. The number of hydrogen-bond donors (Lipinski definition) is 3. The average Bonchev–Trinajstić information content (AvgIpc) is 3.48. The number of ether oxygens (including phenoxy) is 2. The topological polar surface area (TPSA) is 126 Å². The van der Waals surface area contributed by atoms with Crippen LogP contribution in [0.15, 0.2) is 24.3 Å². The van der Waals surface area contributed by atoms with E-state index in [2.05, 4.69) is 15.6 Å². The summed E-state index contributed by atoms with van der Waals surface area (Å²) < 4.78 is 10.2. The maximum absolute atomic E-state index is 13.5. The third kappa shape index (κ3) is 5.32. The lowest BCUT2D eigenvalue weighted by atomic mass is 10.1. The van der Waals surface area contributed by atoms with Gasteiger partial charge in [0.05, 0.1) is 24.5 Å². The van der Waals surface area contributed by atoms with Crippen LogP contribution in [0.5, 0.6) is 0 Å². The molecule has 1 aromatic heterocycles. The Morgan fingerprint density at radius 1 is 1.18 bits per heavy atom.